The van der Waals surface area contributed by atoms with Crippen LogP contribution in [0.4, 0.5) is 0 Å². The van der Waals surface area contributed by atoms with Gasteiger partial charge in [-0.3, -0.25) is 0 Å². The average molecular weight is 280 g/mol. The van der Waals surface area contributed by atoms with E-state index in [0.717, 1.165) is 38.3 Å². The fourth-order valence-corrected chi connectivity index (χ4v) is 3.17. The number of nitrogens with zero attached hydrogens (tertiary/aromatic N) is 2. The number of hydrogen-bond acceptors (Lipinski definition) is 5. The number of rotatable bonds is 2. The minimum absolute atomic E-state index is 0.0135. The molecule has 112 valence electrons. The van der Waals surface area contributed by atoms with Gasteiger partial charge in [-0.05, 0) is 31.1 Å². The molecule has 1 unspecified atom stereocenters. The molecule has 3 rings (SSSR count). The van der Waals surface area contributed by atoms with Crippen molar-refractivity contribution in [3.63, 3.8) is 0 Å². The Bertz CT molecular complexity index is 446. The highest BCUT2D eigenvalue weighted by molar-refractivity contribution is 5.05. The Kier molecular flexibility index (Phi) is 3.82. The van der Waals surface area contributed by atoms with Gasteiger partial charge in [0.25, 0.3) is 5.89 Å². The first kappa shape index (κ1) is 14.0. The normalized spacial score (nSPS) is 31.6. The third-order valence-corrected chi connectivity index (χ3v) is 4.19. The van der Waals surface area contributed by atoms with Crippen LogP contribution in [0, 0.1) is 5.41 Å². The van der Waals surface area contributed by atoms with E-state index in [9.17, 15) is 0 Å². The van der Waals surface area contributed by atoms with Gasteiger partial charge in [-0.15, -0.1) is 0 Å². The molecule has 0 radical (unpaired) electrons. The molecule has 2 saturated heterocycles. The lowest BCUT2D eigenvalue weighted by atomic mass is 9.81. The summed E-state index contributed by atoms with van der Waals surface area (Å²) in [5.41, 5.74) is 0.0866. The Labute approximate surface area is 120 Å². The van der Waals surface area contributed by atoms with E-state index in [0.29, 0.717) is 5.89 Å². The minimum atomic E-state index is -0.0135. The van der Waals surface area contributed by atoms with Crippen LogP contribution in [-0.2, 0) is 9.47 Å². The van der Waals surface area contributed by atoms with Crippen LogP contribution in [-0.4, -0.2) is 29.5 Å². The Morgan fingerprint density at radius 2 is 1.90 bits per heavy atom. The number of ether oxygens (including phenoxy) is 2. The zero-order chi connectivity index (χ0) is 14.2. The van der Waals surface area contributed by atoms with Crippen molar-refractivity contribution in [2.45, 2.75) is 64.6 Å². The van der Waals surface area contributed by atoms with Crippen molar-refractivity contribution >= 4 is 0 Å². The van der Waals surface area contributed by atoms with Gasteiger partial charge in [0, 0.05) is 13.2 Å². The molecule has 2 fully saturated rings. The second-order valence-electron chi connectivity index (χ2n) is 6.90. The van der Waals surface area contributed by atoms with E-state index in [-0.39, 0.29) is 23.5 Å². The zero-order valence-electron chi connectivity index (χ0n) is 12.6. The minimum Gasteiger partial charge on any atom is -0.377 e. The van der Waals surface area contributed by atoms with E-state index < -0.39 is 0 Å². The maximum absolute atomic E-state index is 5.89. The lowest BCUT2D eigenvalue weighted by Crippen LogP contribution is -2.30. The molecule has 0 saturated carbocycles. The summed E-state index contributed by atoms with van der Waals surface area (Å²) in [5, 5.41) is 4.19. The van der Waals surface area contributed by atoms with Crippen LogP contribution in [0.3, 0.4) is 0 Å². The Hall–Kier alpha value is -0.940. The van der Waals surface area contributed by atoms with E-state index in [1.165, 1.54) is 6.42 Å². The largest absolute Gasteiger partial charge is 0.377 e. The molecule has 1 aromatic heterocycles. The van der Waals surface area contributed by atoms with Gasteiger partial charge in [0.05, 0.1) is 12.0 Å². The van der Waals surface area contributed by atoms with Gasteiger partial charge >= 0.3 is 0 Å². The molecule has 5 heteroatoms. The summed E-state index contributed by atoms with van der Waals surface area (Å²) in [6.45, 7) is 8.15. The van der Waals surface area contributed by atoms with E-state index >= 15 is 0 Å². The average Bonchev–Trinajstić information content (AvgIpc) is 3.08. The standard InChI is InChI=1S/C15H24N2O3/c1-15(2,3)12-10(7-9-19-12)13-16-14(20-17-13)11-6-4-5-8-18-11/h10-12H,4-9H2,1-3H3/t10-,11?,12-/m0/s1. The van der Waals surface area contributed by atoms with Crippen LogP contribution >= 0.6 is 0 Å². The van der Waals surface area contributed by atoms with Crippen molar-refractivity contribution in [2.75, 3.05) is 13.2 Å². The van der Waals surface area contributed by atoms with Crippen LogP contribution < -0.4 is 0 Å². The fraction of sp³-hybridized carbons (Fsp3) is 0.867. The molecule has 0 bridgehead atoms. The van der Waals surface area contributed by atoms with Gasteiger partial charge in [0.15, 0.2) is 5.82 Å². The van der Waals surface area contributed by atoms with Crippen LogP contribution in [0.15, 0.2) is 4.52 Å². The smallest absolute Gasteiger partial charge is 0.255 e. The third kappa shape index (κ3) is 2.74. The van der Waals surface area contributed by atoms with Gasteiger partial charge in [0.1, 0.15) is 6.10 Å². The summed E-state index contributed by atoms with van der Waals surface area (Å²) < 4.78 is 17.0. The SMILES string of the molecule is CC(C)(C)[C@H]1OCC[C@@H]1c1noc(C2CCCCO2)n1. The van der Waals surface area contributed by atoms with E-state index in [4.69, 9.17) is 14.0 Å². The monoisotopic (exact) mass is 280 g/mol. The van der Waals surface area contributed by atoms with E-state index in [2.05, 4.69) is 30.9 Å². The molecule has 2 aliphatic heterocycles. The maximum Gasteiger partial charge on any atom is 0.255 e. The van der Waals surface area contributed by atoms with Crippen molar-refractivity contribution in [3.05, 3.63) is 11.7 Å². The third-order valence-electron chi connectivity index (χ3n) is 4.19. The van der Waals surface area contributed by atoms with Crippen LogP contribution in [0.5, 0.6) is 0 Å². The van der Waals surface area contributed by atoms with Crippen molar-refractivity contribution < 1.29 is 14.0 Å². The molecular formula is C15H24N2O3. The first-order valence-corrected chi connectivity index (χ1v) is 7.62. The highest BCUT2D eigenvalue weighted by atomic mass is 16.5. The molecule has 5 nitrogen and oxygen atoms in total. The molecule has 0 N–H and O–H groups in total. The number of aromatic nitrogens is 2. The van der Waals surface area contributed by atoms with Crippen molar-refractivity contribution in [2.24, 2.45) is 5.41 Å². The summed E-state index contributed by atoms with van der Waals surface area (Å²) in [6.07, 6.45) is 4.37. The van der Waals surface area contributed by atoms with Crippen molar-refractivity contribution in [1.82, 2.24) is 10.1 Å². The van der Waals surface area contributed by atoms with Gasteiger partial charge in [-0.2, -0.15) is 4.98 Å². The van der Waals surface area contributed by atoms with Crippen LogP contribution in [0.25, 0.3) is 0 Å². The highest BCUT2D eigenvalue weighted by Gasteiger charge is 2.41. The second kappa shape index (κ2) is 5.45. The fourth-order valence-electron chi connectivity index (χ4n) is 3.17. The van der Waals surface area contributed by atoms with Gasteiger partial charge < -0.3 is 14.0 Å². The topological polar surface area (TPSA) is 57.4 Å². The second-order valence-corrected chi connectivity index (χ2v) is 6.90. The summed E-state index contributed by atoms with van der Waals surface area (Å²) in [6, 6.07) is 0. The van der Waals surface area contributed by atoms with Gasteiger partial charge in [-0.25, -0.2) is 0 Å². The molecular weight excluding hydrogens is 256 g/mol. The molecule has 1 aromatic rings. The number of hydrogen-bond donors (Lipinski definition) is 0. The molecule has 20 heavy (non-hydrogen) atoms. The summed E-state index contributed by atoms with van der Waals surface area (Å²) >= 11 is 0. The lowest BCUT2D eigenvalue weighted by molar-refractivity contribution is -0.00459. The lowest BCUT2D eigenvalue weighted by Gasteiger charge is -2.29. The van der Waals surface area contributed by atoms with E-state index in [1.54, 1.807) is 0 Å². The summed E-state index contributed by atoms with van der Waals surface area (Å²) in [7, 11) is 0. The van der Waals surface area contributed by atoms with Gasteiger partial charge in [-0.1, -0.05) is 25.9 Å². The maximum atomic E-state index is 5.89. The summed E-state index contributed by atoms with van der Waals surface area (Å²) in [5.74, 6) is 1.65. The zero-order valence-corrected chi connectivity index (χ0v) is 12.6. The molecule has 3 atom stereocenters. The van der Waals surface area contributed by atoms with Crippen LogP contribution in [0.2, 0.25) is 0 Å². The predicted octanol–water partition coefficient (Wildman–Crippen LogP) is 3.23. The molecule has 0 spiro atoms. The first-order valence-electron chi connectivity index (χ1n) is 7.62. The molecule has 3 heterocycles. The van der Waals surface area contributed by atoms with E-state index in [1.807, 2.05) is 0 Å². The quantitative estimate of drug-likeness (QED) is 0.832. The van der Waals surface area contributed by atoms with Crippen LogP contribution in [0.1, 0.15) is 70.2 Å². The Balaban J connectivity index is 1.75. The predicted molar refractivity (Wildman–Crippen MR) is 73.4 cm³/mol. The first-order chi connectivity index (χ1) is 9.55. The molecule has 0 aromatic carbocycles. The molecule has 0 amide bonds. The van der Waals surface area contributed by atoms with Crippen molar-refractivity contribution in [3.8, 4) is 0 Å². The summed E-state index contributed by atoms with van der Waals surface area (Å²) in [4.78, 5) is 4.60. The highest BCUT2D eigenvalue weighted by Crippen LogP contribution is 2.40. The molecule has 2 aliphatic rings. The molecule has 0 aliphatic carbocycles. The van der Waals surface area contributed by atoms with Gasteiger partial charge in [0.2, 0.25) is 0 Å². The van der Waals surface area contributed by atoms with Crippen molar-refractivity contribution in [1.29, 1.82) is 0 Å². The Morgan fingerprint density at radius 1 is 1.05 bits per heavy atom. The Morgan fingerprint density at radius 3 is 2.60 bits per heavy atom.